The van der Waals surface area contributed by atoms with E-state index in [1.165, 1.54) is 45.1 Å². The standard InChI is InChI=1S/C17H32N2O/c1-17(2)15(14-9-6-12-20-16(14)17)18-10-11-19(3)13-7-4-5-8-13/h13-16,18H,4-12H2,1-3H3. The summed E-state index contributed by atoms with van der Waals surface area (Å²) in [5.41, 5.74) is 0.316. The van der Waals surface area contributed by atoms with Gasteiger partial charge >= 0.3 is 0 Å². The summed E-state index contributed by atoms with van der Waals surface area (Å²) in [6, 6.07) is 1.50. The third kappa shape index (κ3) is 2.65. The van der Waals surface area contributed by atoms with Gasteiger partial charge in [-0.3, -0.25) is 0 Å². The molecular formula is C17H32N2O. The highest BCUT2D eigenvalue weighted by molar-refractivity contribution is 5.10. The highest BCUT2D eigenvalue weighted by Crippen LogP contribution is 2.51. The summed E-state index contributed by atoms with van der Waals surface area (Å²) in [5, 5.41) is 3.84. The molecule has 1 saturated heterocycles. The second kappa shape index (κ2) is 5.94. The van der Waals surface area contributed by atoms with Gasteiger partial charge in [0.1, 0.15) is 0 Å². The van der Waals surface area contributed by atoms with Crippen LogP contribution in [-0.4, -0.2) is 49.8 Å². The van der Waals surface area contributed by atoms with E-state index in [2.05, 4.69) is 31.1 Å². The quantitative estimate of drug-likeness (QED) is 0.838. The topological polar surface area (TPSA) is 24.5 Å². The van der Waals surface area contributed by atoms with Crippen LogP contribution >= 0.6 is 0 Å². The zero-order valence-corrected chi connectivity index (χ0v) is 13.5. The number of hydrogen-bond donors (Lipinski definition) is 1. The molecule has 116 valence electrons. The SMILES string of the molecule is CN(CCNC1C2CCCOC2C1(C)C)C1CCCC1. The van der Waals surface area contributed by atoms with E-state index >= 15 is 0 Å². The summed E-state index contributed by atoms with van der Waals surface area (Å²) in [7, 11) is 2.30. The first-order valence-corrected chi connectivity index (χ1v) is 8.66. The summed E-state index contributed by atoms with van der Waals surface area (Å²) in [6.45, 7) is 8.04. The van der Waals surface area contributed by atoms with Crippen LogP contribution in [0.5, 0.6) is 0 Å². The maximum Gasteiger partial charge on any atom is 0.0684 e. The molecule has 3 nitrogen and oxygen atoms in total. The summed E-state index contributed by atoms with van der Waals surface area (Å²) in [6.07, 6.45) is 8.77. The molecule has 3 aliphatic rings. The predicted octanol–water partition coefficient (Wildman–Crippen LogP) is 2.65. The van der Waals surface area contributed by atoms with E-state index in [9.17, 15) is 0 Å². The molecule has 0 aromatic rings. The van der Waals surface area contributed by atoms with Crippen molar-refractivity contribution < 1.29 is 4.74 Å². The van der Waals surface area contributed by atoms with Crippen molar-refractivity contribution in [2.24, 2.45) is 11.3 Å². The fraction of sp³-hybridized carbons (Fsp3) is 1.00. The number of rotatable bonds is 5. The Morgan fingerprint density at radius 3 is 2.65 bits per heavy atom. The molecule has 3 atom stereocenters. The second-order valence-electron chi connectivity index (χ2n) is 7.77. The Labute approximate surface area is 124 Å². The third-order valence-electron chi connectivity index (χ3n) is 6.11. The summed E-state index contributed by atoms with van der Waals surface area (Å²) in [4.78, 5) is 2.57. The molecule has 1 heterocycles. The molecule has 2 aliphatic carbocycles. The van der Waals surface area contributed by atoms with Gasteiger partial charge in [0.05, 0.1) is 6.10 Å². The lowest BCUT2D eigenvalue weighted by molar-refractivity contribution is -0.192. The van der Waals surface area contributed by atoms with Gasteiger partial charge in [0.25, 0.3) is 0 Å². The largest absolute Gasteiger partial charge is 0.377 e. The van der Waals surface area contributed by atoms with Crippen molar-refractivity contribution in [1.29, 1.82) is 0 Å². The first-order valence-electron chi connectivity index (χ1n) is 8.66. The molecule has 0 spiro atoms. The fourth-order valence-corrected chi connectivity index (χ4v) is 4.86. The van der Waals surface area contributed by atoms with Crippen molar-refractivity contribution in [2.45, 2.75) is 70.6 Å². The molecule has 0 radical (unpaired) electrons. The van der Waals surface area contributed by atoms with Gasteiger partial charge in [-0.25, -0.2) is 0 Å². The van der Waals surface area contributed by atoms with Crippen molar-refractivity contribution in [1.82, 2.24) is 10.2 Å². The van der Waals surface area contributed by atoms with Gasteiger partial charge in [-0.1, -0.05) is 26.7 Å². The second-order valence-corrected chi connectivity index (χ2v) is 7.77. The van der Waals surface area contributed by atoms with Gasteiger partial charge in [-0.2, -0.15) is 0 Å². The lowest BCUT2D eigenvalue weighted by atomic mass is 9.55. The van der Waals surface area contributed by atoms with Gasteiger partial charge in [-0.05, 0) is 32.7 Å². The molecule has 0 aromatic carbocycles. The lowest BCUT2D eigenvalue weighted by Gasteiger charge is -2.60. The van der Waals surface area contributed by atoms with E-state index < -0.39 is 0 Å². The fourth-order valence-electron chi connectivity index (χ4n) is 4.86. The molecule has 3 unspecified atom stereocenters. The van der Waals surface area contributed by atoms with Gasteiger partial charge in [-0.15, -0.1) is 0 Å². The maximum absolute atomic E-state index is 5.98. The van der Waals surface area contributed by atoms with E-state index in [1.54, 1.807) is 0 Å². The monoisotopic (exact) mass is 280 g/mol. The Morgan fingerprint density at radius 1 is 1.15 bits per heavy atom. The average molecular weight is 280 g/mol. The molecule has 20 heavy (non-hydrogen) atoms. The number of nitrogens with one attached hydrogen (secondary N) is 1. The maximum atomic E-state index is 5.98. The zero-order valence-electron chi connectivity index (χ0n) is 13.5. The molecule has 0 aromatic heterocycles. The van der Waals surface area contributed by atoms with Crippen LogP contribution in [-0.2, 0) is 4.74 Å². The molecule has 3 rings (SSSR count). The van der Waals surface area contributed by atoms with E-state index in [0.29, 0.717) is 17.6 Å². The van der Waals surface area contributed by atoms with Crippen molar-refractivity contribution in [3.05, 3.63) is 0 Å². The van der Waals surface area contributed by atoms with E-state index in [4.69, 9.17) is 4.74 Å². The summed E-state index contributed by atoms with van der Waals surface area (Å²) < 4.78 is 5.98. The average Bonchev–Trinajstić information content (AvgIpc) is 2.97. The van der Waals surface area contributed by atoms with Crippen LogP contribution in [0, 0.1) is 11.3 Å². The number of nitrogens with zero attached hydrogens (tertiary/aromatic N) is 1. The molecule has 3 heteroatoms. The molecule has 3 fully saturated rings. The van der Waals surface area contributed by atoms with Crippen molar-refractivity contribution in [3.8, 4) is 0 Å². The first-order chi connectivity index (χ1) is 9.60. The minimum Gasteiger partial charge on any atom is -0.377 e. The Morgan fingerprint density at radius 2 is 1.90 bits per heavy atom. The van der Waals surface area contributed by atoms with Gasteiger partial charge in [0.15, 0.2) is 0 Å². The Kier molecular flexibility index (Phi) is 4.40. The van der Waals surface area contributed by atoms with Crippen LogP contribution in [0.1, 0.15) is 52.4 Å². The normalized spacial score (nSPS) is 36.9. The van der Waals surface area contributed by atoms with Gasteiger partial charge in [0, 0.05) is 43.1 Å². The van der Waals surface area contributed by atoms with Crippen LogP contribution < -0.4 is 5.32 Å². The van der Waals surface area contributed by atoms with E-state index in [1.807, 2.05) is 0 Å². The molecule has 0 amide bonds. The molecule has 1 aliphatic heterocycles. The molecule has 0 bridgehead atoms. The van der Waals surface area contributed by atoms with Crippen molar-refractivity contribution in [2.75, 3.05) is 26.7 Å². The minimum atomic E-state index is 0.316. The predicted molar refractivity (Wildman–Crippen MR) is 82.9 cm³/mol. The minimum absolute atomic E-state index is 0.316. The highest BCUT2D eigenvalue weighted by atomic mass is 16.5. The number of hydrogen-bond acceptors (Lipinski definition) is 3. The molecule has 2 saturated carbocycles. The number of fused-ring (bicyclic) bond motifs is 1. The summed E-state index contributed by atoms with van der Waals surface area (Å²) in [5.74, 6) is 0.760. The smallest absolute Gasteiger partial charge is 0.0684 e. The Balaban J connectivity index is 1.43. The Hall–Kier alpha value is -0.120. The van der Waals surface area contributed by atoms with E-state index in [0.717, 1.165) is 25.1 Å². The lowest BCUT2D eigenvalue weighted by Crippen LogP contribution is -2.69. The highest BCUT2D eigenvalue weighted by Gasteiger charge is 2.57. The van der Waals surface area contributed by atoms with Gasteiger partial charge in [0.2, 0.25) is 0 Å². The third-order valence-corrected chi connectivity index (χ3v) is 6.11. The Bertz CT molecular complexity index is 325. The summed E-state index contributed by atoms with van der Waals surface area (Å²) >= 11 is 0. The molecular weight excluding hydrogens is 248 g/mol. The first kappa shape index (κ1) is 14.8. The van der Waals surface area contributed by atoms with Crippen molar-refractivity contribution >= 4 is 0 Å². The number of likely N-dealkylation sites (N-methyl/N-ethyl adjacent to an activating group) is 1. The van der Waals surface area contributed by atoms with Crippen LogP contribution in [0.4, 0.5) is 0 Å². The van der Waals surface area contributed by atoms with Crippen molar-refractivity contribution in [3.63, 3.8) is 0 Å². The molecule has 1 N–H and O–H groups in total. The van der Waals surface area contributed by atoms with Crippen LogP contribution in [0.3, 0.4) is 0 Å². The van der Waals surface area contributed by atoms with Crippen LogP contribution in [0.25, 0.3) is 0 Å². The van der Waals surface area contributed by atoms with Gasteiger partial charge < -0.3 is 15.0 Å². The van der Waals surface area contributed by atoms with Crippen LogP contribution in [0.15, 0.2) is 0 Å². The van der Waals surface area contributed by atoms with Crippen LogP contribution in [0.2, 0.25) is 0 Å². The zero-order chi connectivity index (χ0) is 14.2. The number of ether oxygens (including phenoxy) is 1. The van der Waals surface area contributed by atoms with E-state index in [-0.39, 0.29) is 0 Å².